The Kier molecular flexibility index (Phi) is 1.68. The second-order valence-corrected chi connectivity index (χ2v) is 1.81. The minimum Gasteiger partial charge on any atom is -0.384 e. The van der Waals surface area contributed by atoms with Crippen molar-refractivity contribution in [2.24, 2.45) is 0 Å². The lowest BCUT2D eigenvalue weighted by atomic mass is 10.2. The van der Waals surface area contributed by atoms with Gasteiger partial charge in [0.15, 0.2) is 0 Å². The van der Waals surface area contributed by atoms with Gasteiger partial charge in [0.1, 0.15) is 5.82 Å². The quantitative estimate of drug-likeness (QED) is 0.607. The van der Waals surface area contributed by atoms with Crippen LogP contribution in [-0.2, 0) is 0 Å². The van der Waals surface area contributed by atoms with E-state index >= 15 is 0 Å². The summed E-state index contributed by atoms with van der Waals surface area (Å²) in [5, 5.41) is 0. The van der Waals surface area contributed by atoms with Crippen LogP contribution < -0.4 is 5.73 Å². The van der Waals surface area contributed by atoms with Crippen molar-refractivity contribution < 1.29 is 0 Å². The predicted molar refractivity (Wildman–Crippen MR) is 37.7 cm³/mol. The Morgan fingerprint density at radius 1 is 1.56 bits per heavy atom. The van der Waals surface area contributed by atoms with Gasteiger partial charge in [-0.25, -0.2) is 4.98 Å². The second kappa shape index (κ2) is 2.49. The molecule has 1 aromatic rings. The summed E-state index contributed by atoms with van der Waals surface area (Å²) < 4.78 is 0. The third-order valence-electron chi connectivity index (χ3n) is 1.14. The fourth-order valence-electron chi connectivity index (χ4n) is 0.588. The monoisotopic (exact) mass is 121 g/mol. The van der Waals surface area contributed by atoms with Gasteiger partial charge in [-0.3, -0.25) is 0 Å². The molecule has 0 aliphatic heterocycles. The van der Waals surface area contributed by atoms with Gasteiger partial charge in [-0.05, 0) is 18.1 Å². The Balaban J connectivity index is 2.88. The number of aromatic nitrogens is 1. The summed E-state index contributed by atoms with van der Waals surface area (Å²) in [5.41, 5.74) is 6.46. The number of nitrogen functional groups attached to an aromatic ring is 1. The van der Waals surface area contributed by atoms with E-state index in [1.54, 1.807) is 12.3 Å². The van der Waals surface area contributed by atoms with E-state index in [1.165, 1.54) is 0 Å². The molecule has 1 heterocycles. The predicted octanol–water partition coefficient (Wildman–Crippen LogP) is 1.24. The lowest BCUT2D eigenvalue weighted by Gasteiger charge is -1.93. The molecule has 0 saturated heterocycles. The van der Waals surface area contributed by atoms with Crippen LogP contribution in [0.5, 0.6) is 0 Å². The molecule has 0 spiro atoms. The van der Waals surface area contributed by atoms with Gasteiger partial charge in [-0.1, -0.05) is 13.0 Å². The first-order valence-electron chi connectivity index (χ1n) is 2.84. The van der Waals surface area contributed by atoms with Gasteiger partial charge >= 0.3 is 0 Å². The van der Waals surface area contributed by atoms with Crippen molar-refractivity contribution in [3.63, 3.8) is 0 Å². The number of hydrogen-bond donors (Lipinski definition) is 1. The topological polar surface area (TPSA) is 38.9 Å². The third kappa shape index (κ3) is 1.42. The molecule has 9 heavy (non-hydrogen) atoms. The number of nitrogens with zero attached hydrogens (tertiary/aromatic N) is 1. The summed E-state index contributed by atoms with van der Waals surface area (Å²) in [5.74, 6) is 0.570. The van der Waals surface area contributed by atoms with Gasteiger partial charge in [-0.15, -0.1) is 0 Å². The molecule has 0 fully saturated rings. The fraction of sp³-hybridized carbons (Fsp3) is 0.143. The van der Waals surface area contributed by atoms with Crippen molar-refractivity contribution in [2.75, 3.05) is 5.73 Å². The first-order chi connectivity index (χ1) is 4.33. The summed E-state index contributed by atoms with van der Waals surface area (Å²) in [4.78, 5) is 3.90. The summed E-state index contributed by atoms with van der Waals surface area (Å²) in [6.45, 7) is 1.97. The lowest BCUT2D eigenvalue weighted by molar-refractivity contribution is 1.27. The molecular formula is C7H9N2. The molecule has 0 saturated carbocycles. The van der Waals surface area contributed by atoms with E-state index < -0.39 is 0 Å². The number of hydrogen-bond acceptors (Lipinski definition) is 2. The summed E-state index contributed by atoms with van der Waals surface area (Å²) in [6.07, 6.45) is 3.72. The molecule has 1 rings (SSSR count). The smallest absolute Gasteiger partial charge is 0.123 e. The van der Waals surface area contributed by atoms with E-state index in [0.717, 1.165) is 5.56 Å². The highest BCUT2D eigenvalue weighted by Gasteiger charge is 1.86. The van der Waals surface area contributed by atoms with Crippen molar-refractivity contribution in [2.45, 2.75) is 6.92 Å². The van der Waals surface area contributed by atoms with Gasteiger partial charge in [-0.2, -0.15) is 0 Å². The van der Waals surface area contributed by atoms with Crippen LogP contribution in [0, 0.1) is 6.42 Å². The Hall–Kier alpha value is -1.05. The average Bonchev–Trinajstić information content (AvgIpc) is 1.90. The first kappa shape index (κ1) is 6.08. The molecule has 0 amide bonds. The minimum absolute atomic E-state index is 0.570. The van der Waals surface area contributed by atoms with Crippen LogP contribution in [0.25, 0.3) is 0 Å². The molecule has 0 bridgehead atoms. The van der Waals surface area contributed by atoms with Gasteiger partial charge in [0, 0.05) is 6.20 Å². The first-order valence-corrected chi connectivity index (χ1v) is 2.84. The summed E-state index contributed by atoms with van der Waals surface area (Å²) >= 11 is 0. The molecule has 2 heteroatoms. The number of nitrogens with two attached hydrogens (primary N) is 1. The van der Waals surface area contributed by atoms with Crippen LogP contribution in [0.2, 0.25) is 0 Å². The average molecular weight is 121 g/mol. The molecular weight excluding hydrogens is 112 g/mol. The van der Waals surface area contributed by atoms with E-state index in [4.69, 9.17) is 5.73 Å². The Morgan fingerprint density at radius 2 is 2.33 bits per heavy atom. The molecule has 2 nitrogen and oxygen atoms in total. The summed E-state index contributed by atoms with van der Waals surface area (Å²) in [6, 6.07) is 3.72. The van der Waals surface area contributed by atoms with Crippen molar-refractivity contribution in [3.05, 3.63) is 30.3 Å². The number of rotatable bonds is 1. The molecule has 1 aromatic heterocycles. The SMILES string of the molecule is C[CH]c1ccc(N)nc1. The molecule has 0 aromatic carbocycles. The standard InChI is InChI=1S/C7H9N2/c1-2-6-3-4-7(8)9-5-6/h2-5H,1H3,(H2,8,9). The Labute approximate surface area is 54.7 Å². The Bertz CT molecular complexity index is 179. The largest absolute Gasteiger partial charge is 0.384 e. The highest BCUT2D eigenvalue weighted by Crippen LogP contribution is 2.01. The minimum atomic E-state index is 0.570. The van der Waals surface area contributed by atoms with Crippen molar-refractivity contribution in [1.29, 1.82) is 0 Å². The number of pyridine rings is 1. The lowest BCUT2D eigenvalue weighted by Crippen LogP contribution is -1.88. The van der Waals surface area contributed by atoms with Gasteiger partial charge in [0.25, 0.3) is 0 Å². The number of anilines is 1. The molecule has 47 valence electrons. The Morgan fingerprint density at radius 3 is 2.78 bits per heavy atom. The van der Waals surface area contributed by atoms with Crippen LogP contribution >= 0.6 is 0 Å². The van der Waals surface area contributed by atoms with Gasteiger partial charge in [0.2, 0.25) is 0 Å². The maximum atomic E-state index is 5.36. The van der Waals surface area contributed by atoms with Crippen LogP contribution in [0.15, 0.2) is 18.3 Å². The highest BCUT2D eigenvalue weighted by molar-refractivity contribution is 5.31. The van der Waals surface area contributed by atoms with Gasteiger partial charge < -0.3 is 5.73 Å². The van der Waals surface area contributed by atoms with Crippen molar-refractivity contribution in [1.82, 2.24) is 4.98 Å². The maximum Gasteiger partial charge on any atom is 0.123 e. The van der Waals surface area contributed by atoms with Crippen LogP contribution in [0.4, 0.5) is 5.82 Å². The van der Waals surface area contributed by atoms with Crippen LogP contribution in [0.1, 0.15) is 12.5 Å². The zero-order chi connectivity index (χ0) is 6.69. The van der Waals surface area contributed by atoms with E-state index in [2.05, 4.69) is 4.98 Å². The van der Waals surface area contributed by atoms with Crippen molar-refractivity contribution in [3.8, 4) is 0 Å². The van der Waals surface area contributed by atoms with E-state index in [9.17, 15) is 0 Å². The maximum absolute atomic E-state index is 5.36. The highest BCUT2D eigenvalue weighted by atomic mass is 14.8. The molecule has 1 radical (unpaired) electrons. The normalized spacial score (nSPS) is 9.44. The molecule has 0 aliphatic carbocycles. The van der Waals surface area contributed by atoms with E-state index in [1.807, 2.05) is 19.4 Å². The van der Waals surface area contributed by atoms with E-state index in [-0.39, 0.29) is 0 Å². The van der Waals surface area contributed by atoms with E-state index in [0.29, 0.717) is 5.82 Å². The molecule has 0 atom stereocenters. The molecule has 0 unspecified atom stereocenters. The zero-order valence-corrected chi connectivity index (χ0v) is 5.33. The van der Waals surface area contributed by atoms with Crippen LogP contribution in [-0.4, -0.2) is 4.98 Å². The second-order valence-electron chi connectivity index (χ2n) is 1.81. The van der Waals surface area contributed by atoms with Crippen LogP contribution in [0.3, 0.4) is 0 Å². The third-order valence-corrected chi connectivity index (χ3v) is 1.14. The summed E-state index contributed by atoms with van der Waals surface area (Å²) in [7, 11) is 0. The van der Waals surface area contributed by atoms with Crippen molar-refractivity contribution >= 4 is 5.82 Å². The molecule has 2 N–H and O–H groups in total. The fourth-order valence-corrected chi connectivity index (χ4v) is 0.588. The van der Waals surface area contributed by atoms with Gasteiger partial charge in [0.05, 0.1) is 0 Å². The molecule has 0 aliphatic rings. The zero-order valence-electron chi connectivity index (χ0n) is 5.33.